The molecule has 1 aliphatic heterocycles. The van der Waals surface area contributed by atoms with E-state index in [1.807, 2.05) is 18.2 Å². The van der Waals surface area contributed by atoms with Crippen molar-refractivity contribution >= 4 is 21.6 Å². The highest BCUT2D eigenvalue weighted by atomic mass is 79.9. The molecule has 1 atom stereocenters. The Balaban J connectivity index is 1.96. The molecular weight excluding hydrogens is 268 g/mol. The Kier molecular flexibility index (Phi) is 3.81. The average molecular weight is 281 g/mol. The van der Waals surface area contributed by atoms with Crippen molar-refractivity contribution in [3.8, 4) is 6.07 Å². The number of ether oxygens (including phenoxy) is 1. The van der Waals surface area contributed by atoms with E-state index in [0.717, 1.165) is 36.2 Å². The molecule has 84 valence electrons. The first kappa shape index (κ1) is 11.4. The number of hydrogen-bond donors (Lipinski definition) is 1. The number of rotatable bonds is 3. The number of nitriles is 1. The molecule has 1 fully saturated rings. The van der Waals surface area contributed by atoms with E-state index in [-0.39, 0.29) is 0 Å². The van der Waals surface area contributed by atoms with E-state index in [1.165, 1.54) is 0 Å². The van der Waals surface area contributed by atoms with Crippen molar-refractivity contribution in [1.82, 2.24) is 0 Å². The summed E-state index contributed by atoms with van der Waals surface area (Å²) in [5, 5.41) is 12.1. The Morgan fingerprint density at radius 2 is 2.44 bits per heavy atom. The number of nitrogens with one attached hydrogen (secondary N) is 1. The number of halogens is 1. The second-order valence-corrected chi connectivity index (χ2v) is 4.68. The molecule has 0 saturated carbocycles. The average Bonchev–Trinajstić information content (AvgIpc) is 2.80. The molecular formula is C12H13BrN2O. The van der Waals surface area contributed by atoms with Crippen LogP contribution in [0.5, 0.6) is 0 Å². The van der Waals surface area contributed by atoms with E-state index < -0.39 is 0 Å². The molecule has 1 aliphatic rings. The van der Waals surface area contributed by atoms with Gasteiger partial charge in [0.1, 0.15) is 0 Å². The Hall–Kier alpha value is -1.05. The van der Waals surface area contributed by atoms with Crippen LogP contribution < -0.4 is 5.32 Å². The van der Waals surface area contributed by atoms with Gasteiger partial charge in [0.15, 0.2) is 0 Å². The summed E-state index contributed by atoms with van der Waals surface area (Å²) in [5.74, 6) is 0. The third kappa shape index (κ3) is 2.75. The Morgan fingerprint density at radius 1 is 1.56 bits per heavy atom. The Labute approximate surface area is 104 Å². The number of nitrogens with zero attached hydrogens (tertiary/aromatic N) is 1. The lowest BCUT2D eigenvalue weighted by Gasteiger charge is -2.13. The Morgan fingerprint density at radius 3 is 3.06 bits per heavy atom. The van der Waals surface area contributed by atoms with E-state index in [0.29, 0.717) is 11.7 Å². The van der Waals surface area contributed by atoms with Gasteiger partial charge >= 0.3 is 0 Å². The van der Waals surface area contributed by atoms with Gasteiger partial charge in [-0.15, -0.1) is 0 Å². The highest BCUT2D eigenvalue weighted by molar-refractivity contribution is 9.10. The van der Waals surface area contributed by atoms with Gasteiger partial charge in [0.05, 0.1) is 17.7 Å². The van der Waals surface area contributed by atoms with Gasteiger partial charge in [-0.25, -0.2) is 0 Å². The van der Waals surface area contributed by atoms with Gasteiger partial charge < -0.3 is 10.1 Å². The lowest BCUT2D eigenvalue weighted by Crippen LogP contribution is -2.18. The minimum absolute atomic E-state index is 0.322. The van der Waals surface area contributed by atoms with Crippen molar-refractivity contribution < 1.29 is 4.74 Å². The van der Waals surface area contributed by atoms with Crippen LogP contribution in [0.1, 0.15) is 18.4 Å². The quantitative estimate of drug-likeness (QED) is 0.926. The first-order valence-corrected chi connectivity index (χ1v) is 6.14. The van der Waals surface area contributed by atoms with Gasteiger partial charge in [0, 0.05) is 23.3 Å². The zero-order valence-electron chi connectivity index (χ0n) is 8.87. The van der Waals surface area contributed by atoms with Crippen molar-refractivity contribution in [2.24, 2.45) is 0 Å². The van der Waals surface area contributed by atoms with Crippen molar-refractivity contribution in [3.05, 3.63) is 28.2 Å². The second kappa shape index (κ2) is 5.33. The van der Waals surface area contributed by atoms with Crippen LogP contribution >= 0.6 is 15.9 Å². The summed E-state index contributed by atoms with van der Waals surface area (Å²) in [6.45, 7) is 1.70. The molecule has 0 bridgehead atoms. The van der Waals surface area contributed by atoms with E-state index >= 15 is 0 Å². The molecule has 1 aromatic carbocycles. The summed E-state index contributed by atoms with van der Waals surface area (Å²) in [4.78, 5) is 0. The maximum atomic E-state index is 8.74. The van der Waals surface area contributed by atoms with Crippen molar-refractivity contribution in [1.29, 1.82) is 5.26 Å². The fourth-order valence-corrected chi connectivity index (χ4v) is 2.28. The van der Waals surface area contributed by atoms with Crippen LogP contribution in [-0.2, 0) is 4.74 Å². The van der Waals surface area contributed by atoms with Crippen molar-refractivity contribution in [2.75, 3.05) is 18.5 Å². The number of benzene rings is 1. The molecule has 0 spiro atoms. The minimum atomic E-state index is 0.322. The Bertz CT molecular complexity index is 408. The van der Waals surface area contributed by atoms with E-state index in [4.69, 9.17) is 10.00 Å². The lowest BCUT2D eigenvalue weighted by atomic mass is 10.2. The van der Waals surface area contributed by atoms with E-state index in [2.05, 4.69) is 27.3 Å². The van der Waals surface area contributed by atoms with Gasteiger partial charge in [-0.1, -0.05) is 0 Å². The van der Waals surface area contributed by atoms with E-state index in [9.17, 15) is 0 Å². The topological polar surface area (TPSA) is 45.0 Å². The predicted molar refractivity (Wildman–Crippen MR) is 66.3 cm³/mol. The summed E-state index contributed by atoms with van der Waals surface area (Å²) in [6.07, 6.45) is 2.60. The third-order valence-corrected chi connectivity index (χ3v) is 3.30. The summed E-state index contributed by atoms with van der Waals surface area (Å²) in [6, 6.07) is 7.65. The summed E-state index contributed by atoms with van der Waals surface area (Å²) in [7, 11) is 0. The van der Waals surface area contributed by atoms with Crippen LogP contribution in [0.25, 0.3) is 0 Å². The summed E-state index contributed by atoms with van der Waals surface area (Å²) in [5.41, 5.74) is 1.67. The zero-order valence-corrected chi connectivity index (χ0v) is 10.5. The van der Waals surface area contributed by atoms with Crippen LogP contribution in [0.3, 0.4) is 0 Å². The maximum Gasteiger partial charge on any atom is 0.0992 e. The number of hydrogen-bond acceptors (Lipinski definition) is 3. The molecule has 0 aromatic heterocycles. The molecule has 16 heavy (non-hydrogen) atoms. The largest absolute Gasteiger partial charge is 0.382 e. The van der Waals surface area contributed by atoms with Crippen LogP contribution in [0.2, 0.25) is 0 Å². The third-order valence-electron chi connectivity index (χ3n) is 2.64. The predicted octanol–water partition coefficient (Wildman–Crippen LogP) is 2.91. The first-order chi connectivity index (χ1) is 7.79. The van der Waals surface area contributed by atoms with Gasteiger partial charge in [0.2, 0.25) is 0 Å². The molecule has 2 rings (SSSR count). The fourth-order valence-electron chi connectivity index (χ4n) is 1.76. The van der Waals surface area contributed by atoms with Gasteiger partial charge in [-0.2, -0.15) is 5.26 Å². The van der Waals surface area contributed by atoms with Gasteiger partial charge in [0.25, 0.3) is 0 Å². The smallest absolute Gasteiger partial charge is 0.0992 e. The van der Waals surface area contributed by atoms with Crippen molar-refractivity contribution in [3.63, 3.8) is 0 Å². The molecule has 0 amide bonds. The molecule has 0 aliphatic carbocycles. The fraction of sp³-hybridized carbons (Fsp3) is 0.417. The highest BCUT2D eigenvalue weighted by Crippen LogP contribution is 2.24. The summed E-state index contributed by atoms with van der Waals surface area (Å²) < 4.78 is 6.45. The highest BCUT2D eigenvalue weighted by Gasteiger charge is 2.15. The monoisotopic (exact) mass is 280 g/mol. The molecule has 4 heteroatoms. The first-order valence-electron chi connectivity index (χ1n) is 5.35. The molecule has 1 aromatic rings. The summed E-state index contributed by atoms with van der Waals surface area (Å²) >= 11 is 3.44. The molecule has 1 N–H and O–H groups in total. The molecule has 1 unspecified atom stereocenters. The zero-order chi connectivity index (χ0) is 11.4. The van der Waals surface area contributed by atoms with Crippen LogP contribution in [-0.4, -0.2) is 19.3 Å². The normalized spacial score (nSPS) is 19.4. The standard InChI is InChI=1S/C12H13BrN2O/c13-11-6-9(7-14)3-4-12(11)15-8-10-2-1-5-16-10/h3-4,6,10,15H,1-2,5,8H2. The minimum Gasteiger partial charge on any atom is -0.382 e. The van der Waals surface area contributed by atoms with Crippen molar-refractivity contribution in [2.45, 2.75) is 18.9 Å². The van der Waals surface area contributed by atoms with E-state index in [1.54, 1.807) is 0 Å². The lowest BCUT2D eigenvalue weighted by molar-refractivity contribution is 0.120. The van der Waals surface area contributed by atoms with Crippen LogP contribution in [0, 0.1) is 11.3 Å². The van der Waals surface area contributed by atoms with Crippen LogP contribution in [0.15, 0.2) is 22.7 Å². The van der Waals surface area contributed by atoms with Crippen LogP contribution in [0.4, 0.5) is 5.69 Å². The molecule has 3 nitrogen and oxygen atoms in total. The second-order valence-electron chi connectivity index (χ2n) is 3.82. The number of anilines is 1. The maximum absolute atomic E-state index is 8.74. The molecule has 1 heterocycles. The SMILES string of the molecule is N#Cc1ccc(NCC2CCCO2)c(Br)c1. The molecule has 0 radical (unpaired) electrons. The molecule has 1 saturated heterocycles. The van der Waals surface area contributed by atoms with Gasteiger partial charge in [-0.05, 0) is 47.0 Å². The van der Waals surface area contributed by atoms with Gasteiger partial charge in [-0.3, -0.25) is 0 Å².